The lowest BCUT2D eigenvalue weighted by atomic mass is 10.1. The predicted molar refractivity (Wildman–Crippen MR) is 76.7 cm³/mol. The molecule has 1 heterocycles. The average molecular weight is 287 g/mol. The van der Waals surface area contributed by atoms with E-state index in [4.69, 9.17) is 23.2 Å². The average Bonchev–Trinajstić information content (AvgIpc) is 2.28. The highest BCUT2D eigenvalue weighted by molar-refractivity contribution is 6.42. The normalized spacial score (nSPS) is 18.9. The van der Waals surface area contributed by atoms with Crippen molar-refractivity contribution >= 4 is 40.5 Å². The van der Waals surface area contributed by atoms with E-state index in [9.17, 15) is 4.79 Å². The first-order valence-electron chi connectivity index (χ1n) is 5.97. The number of benzene rings is 1. The van der Waals surface area contributed by atoms with Gasteiger partial charge in [0.2, 0.25) is 5.91 Å². The molecule has 0 saturated heterocycles. The molecule has 2 rings (SSSR count). The Hall–Kier alpha value is -0.930. The number of amides is 1. The van der Waals surface area contributed by atoms with Gasteiger partial charge in [0.1, 0.15) is 6.04 Å². The molecule has 5 heteroatoms. The summed E-state index contributed by atoms with van der Waals surface area (Å²) < 4.78 is 0. The molecular formula is C13H16Cl2N2O. The minimum absolute atomic E-state index is 0.0644. The number of fused-ring (bicyclic) bond motifs is 1. The molecule has 1 unspecified atom stereocenters. The zero-order chi connectivity index (χ0) is 13.4. The fourth-order valence-corrected chi connectivity index (χ4v) is 2.40. The Labute approximate surface area is 117 Å². The molecule has 1 aromatic rings. The lowest BCUT2D eigenvalue weighted by Gasteiger charge is -2.35. The Morgan fingerprint density at radius 2 is 1.94 bits per heavy atom. The van der Waals surface area contributed by atoms with Crippen molar-refractivity contribution in [2.24, 2.45) is 5.92 Å². The van der Waals surface area contributed by atoms with E-state index in [0.717, 1.165) is 11.4 Å². The Morgan fingerprint density at radius 3 is 2.56 bits per heavy atom. The number of hydrogen-bond acceptors (Lipinski definition) is 2. The fraction of sp³-hybridized carbons (Fsp3) is 0.462. The van der Waals surface area contributed by atoms with Gasteiger partial charge >= 0.3 is 0 Å². The molecule has 0 aliphatic carbocycles. The molecule has 18 heavy (non-hydrogen) atoms. The third kappa shape index (κ3) is 2.43. The third-order valence-corrected chi connectivity index (χ3v) is 3.61. The van der Waals surface area contributed by atoms with Gasteiger partial charge in [-0.15, -0.1) is 0 Å². The molecule has 0 spiro atoms. The van der Waals surface area contributed by atoms with Crippen LogP contribution in [0.2, 0.25) is 10.0 Å². The summed E-state index contributed by atoms with van der Waals surface area (Å²) in [5.74, 6) is 0.455. The minimum atomic E-state index is -0.242. The lowest BCUT2D eigenvalue weighted by molar-refractivity contribution is -0.119. The molecule has 1 aliphatic heterocycles. The van der Waals surface area contributed by atoms with Gasteiger partial charge in [0.25, 0.3) is 0 Å². The van der Waals surface area contributed by atoms with Crippen LogP contribution in [0, 0.1) is 5.92 Å². The van der Waals surface area contributed by atoms with Crippen molar-refractivity contribution in [1.82, 2.24) is 0 Å². The highest BCUT2D eigenvalue weighted by Crippen LogP contribution is 2.38. The van der Waals surface area contributed by atoms with E-state index in [1.165, 1.54) is 0 Å². The quantitative estimate of drug-likeness (QED) is 0.897. The first kappa shape index (κ1) is 13.5. The predicted octanol–water partition coefficient (Wildman–Crippen LogP) is 3.80. The largest absolute Gasteiger partial charge is 0.372 e. The van der Waals surface area contributed by atoms with E-state index in [1.54, 1.807) is 17.0 Å². The van der Waals surface area contributed by atoms with Crippen LogP contribution in [0.4, 0.5) is 11.4 Å². The second kappa shape index (κ2) is 4.98. The van der Waals surface area contributed by atoms with Gasteiger partial charge in [-0.3, -0.25) is 4.79 Å². The number of rotatable bonds is 2. The van der Waals surface area contributed by atoms with Crippen LogP contribution in [0.15, 0.2) is 12.1 Å². The van der Waals surface area contributed by atoms with Gasteiger partial charge in [-0.2, -0.15) is 0 Å². The fourth-order valence-electron chi connectivity index (χ4n) is 2.08. The molecule has 98 valence electrons. The Kier molecular flexibility index (Phi) is 3.74. The molecule has 1 N–H and O–H groups in total. The summed E-state index contributed by atoms with van der Waals surface area (Å²) in [6.45, 7) is 6.69. The van der Waals surface area contributed by atoms with Crippen molar-refractivity contribution < 1.29 is 4.79 Å². The maximum Gasteiger partial charge on any atom is 0.249 e. The van der Waals surface area contributed by atoms with Crippen LogP contribution in [0.5, 0.6) is 0 Å². The van der Waals surface area contributed by atoms with Gasteiger partial charge in [-0.05, 0) is 25.0 Å². The van der Waals surface area contributed by atoms with Crippen molar-refractivity contribution in [3.63, 3.8) is 0 Å². The molecule has 0 fully saturated rings. The SMILES string of the molecule is CC(C)CN1C(=O)C(C)Nc2cc(Cl)c(Cl)cc21. The lowest BCUT2D eigenvalue weighted by Crippen LogP contribution is -2.47. The van der Waals surface area contributed by atoms with Crippen LogP contribution in [0.3, 0.4) is 0 Å². The monoisotopic (exact) mass is 286 g/mol. The molecule has 0 aromatic heterocycles. The minimum Gasteiger partial charge on any atom is -0.372 e. The molecule has 0 radical (unpaired) electrons. The summed E-state index contributed by atoms with van der Waals surface area (Å²) in [6.07, 6.45) is 0. The van der Waals surface area contributed by atoms with Crippen molar-refractivity contribution in [2.75, 3.05) is 16.8 Å². The number of hydrogen-bond donors (Lipinski definition) is 1. The molecule has 3 nitrogen and oxygen atoms in total. The second-order valence-corrected chi connectivity index (χ2v) is 5.81. The zero-order valence-electron chi connectivity index (χ0n) is 10.6. The van der Waals surface area contributed by atoms with Gasteiger partial charge in [0.15, 0.2) is 0 Å². The Morgan fingerprint density at radius 1 is 1.33 bits per heavy atom. The molecule has 1 aliphatic rings. The maximum atomic E-state index is 12.2. The van der Waals surface area contributed by atoms with E-state index >= 15 is 0 Å². The van der Waals surface area contributed by atoms with E-state index in [-0.39, 0.29) is 11.9 Å². The summed E-state index contributed by atoms with van der Waals surface area (Å²) in [5.41, 5.74) is 1.67. The van der Waals surface area contributed by atoms with Crippen LogP contribution in [-0.2, 0) is 4.79 Å². The topological polar surface area (TPSA) is 32.3 Å². The highest BCUT2D eigenvalue weighted by Gasteiger charge is 2.30. The van der Waals surface area contributed by atoms with Crippen LogP contribution in [-0.4, -0.2) is 18.5 Å². The van der Waals surface area contributed by atoms with Crippen LogP contribution in [0.25, 0.3) is 0 Å². The summed E-state index contributed by atoms with van der Waals surface area (Å²) in [4.78, 5) is 14.0. The number of halogens is 2. The third-order valence-electron chi connectivity index (χ3n) is 2.89. The van der Waals surface area contributed by atoms with Crippen molar-refractivity contribution in [2.45, 2.75) is 26.8 Å². The second-order valence-electron chi connectivity index (χ2n) is 4.99. The molecule has 1 amide bonds. The maximum absolute atomic E-state index is 12.2. The highest BCUT2D eigenvalue weighted by atomic mass is 35.5. The summed E-state index contributed by atoms with van der Waals surface area (Å²) in [7, 11) is 0. The van der Waals surface area contributed by atoms with E-state index in [0.29, 0.717) is 22.5 Å². The number of nitrogens with one attached hydrogen (secondary N) is 1. The van der Waals surface area contributed by atoms with Gasteiger partial charge in [-0.1, -0.05) is 37.0 Å². The summed E-state index contributed by atoms with van der Waals surface area (Å²) in [5, 5.41) is 4.11. The van der Waals surface area contributed by atoms with Crippen LogP contribution in [0.1, 0.15) is 20.8 Å². The van der Waals surface area contributed by atoms with Gasteiger partial charge in [0, 0.05) is 6.54 Å². The van der Waals surface area contributed by atoms with E-state index in [1.807, 2.05) is 6.92 Å². The van der Waals surface area contributed by atoms with E-state index < -0.39 is 0 Å². The molecular weight excluding hydrogens is 271 g/mol. The molecule has 1 aromatic carbocycles. The Bertz CT molecular complexity index is 488. The van der Waals surface area contributed by atoms with Crippen LogP contribution < -0.4 is 10.2 Å². The standard InChI is InChI=1S/C13H16Cl2N2O/c1-7(2)6-17-12-5-10(15)9(14)4-11(12)16-8(3)13(17)18/h4-5,7-8,16H,6H2,1-3H3. The van der Waals surface area contributed by atoms with E-state index in [2.05, 4.69) is 19.2 Å². The summed E-state index contributed by atoms with van der Waals surface area (Å²) >= 11 is 12.0. The van der Waals surface area contributed by atoms with Gasteiger partial charge in [0.05, 0.1) is 21.4 Å². The first-order chi connectivity index (χ1) is 8.40. The number of anilines is 2. The number of carbonyl (C=O) groups excluding carboxylic acids is 1. The molecule has 1 atom stereocenters. The molecule has 0 bridgehead atoms. The Balaban J connectivity index is 2.48. The first-order valence-corrected chi connectivity index (χ1v) is 6.72. The van der Waals surface area contributed by atoms with Gasteiger partial charge in [-0.25, -0.2) is 0 Å². The van der Waals surface area contributed by atoms with Crippen LogP contribution >= 0.6 is 23.2 Å². The zero-order valence-corrected chi connectivity index (χ0v) is 12.1. The smallest absolute Gasteiger partial charge is 0.249 e. The van der Waals surface area contributed by atoms with Crippen molar-refractivity contribution in [3.05, 3.63) is 22.2 Å². The van der Waals surface area contributed by atoms with Crippen molar-refractivity contribution in [1.29, 1.82) is 0 Å². The van der Waals surface area contributed by atoms with Crippen molar-refractivity contribution in [3.8, 4) is 0 Å². The number of carbonyl (C=O) groups is 1. The summed E-state index contributed by atoms with van der Waals surface area (Å²) in [6, 6.07) is 3.28. The van der Waals surface area contributed by atoms with Gasteiger partial charge < -0.3 is 10.2 Å². The number of nitrogens with zero attached hydrogens (tertiary/aromatic N) is 1. The molecule has 0 saturated carbocycles.